The van der Waals surface area contributed by atoms with Crippen molar-refractivity contribution in [1.82, 2.24) is 0 Å². The Labute approximate surface area is 134 Å². The molecule has 2 aliphatic rings. The zero-order valence-electron chi connectivity index (χ0n) is 13.0. The highest BCUT2D eigenvalue weighted by molar-refractivity contribution is 5.99. The minimum Gasteiger partial charge on any atom is -0.475 e. The van der Waals surface area contributed by atoms with Crippen molar-refractivity contribution in [3.05, 3.63) is 58.7 Å². The van der Waals surface area contributed by atoms with E-state index in [4.69, 9.17) is 9.47 Å². The van der Waals surface area contributed by atoms with Gasteiger partial charge in [-0.25, -0.2) is 13.8 Å². The average Bonchev–Trinajstić information content (AvgIpc) is 3.03. The maximum absolute atomic E-state index is 13.9. The van der Waals surface area contributed by atoms with E-state index in [-0.39, 0.29) is 23.9 Å². The van der Waals surface area contributed by atoms with Crippen molar-refractivity contribution >= 4 is 5.90 Å². The van der Waals surface area contributed by atoms with E-state index in [1.807, 2.05) is 31.2 Å². The lowest BCUT2D eigenvalue weighted by Gasteiger charge is -2.11. The number of hydrogen-bond donors (Lipinski definition) is 0. The summed E-state index contributed by atoms with van der Waals surface area (Å²) >= 11 is 0. The van der Waals surface area contributed by atoms with Gasteiger partial charge in [0.15, 0.2) is 0 Å². The average molecular weight is 319 g/mol. The summed E-state index contributed by atoms with van der Waals surface area (Å²) in [5.41, 5.74) is 1.92. The largest absolute Gasteiger partial charge is 0.475 e. The number of allylic oxidation sites excluding steroid dienone is 2. The maximum Gasteiger partial charge on any atom is 0.222 e. The molecule has 0 saturated heterocycles. The van der Waals surface area contributed by atoms with Crippen LogP contribution in [0.3, 0.4) is 0 Å². The predicted molar refractivity (Wildman–Crippen MR) is 84.5 cm³/mol. The lowest BCUT2D eigenvalue weighted by atomic mass is 10.0. The third-order valence-corrected chi connectivity index (χ3v) is 3.90. The molecule has 1 atom stereocenters. The highest BCUT2D eigenvalue weighted by Crippen LogP contribution is 2.33. The highest BCUT2D eigenvalue weighted by atomic mass is 19.1. The number of hydrogen-bond acceptors (Lipinski definition) is 3. The van der Waals surface area contributed by atoms with Crippen LogP contribution in [-0.4, -0.2) is 19.1 Å². The summed E-state index contributed by atoms with van der Waals surface area (Å²) in [4.78, 5) is 4.36. The maximum atomic E-state index is 13.9. The molecule has 0 fully saturated rings. The van der Waals surface area contributed by atoms with Gasteiger partial charge < -0.3 is 9.47 Å². The minimum atomic E-state index is -0.583. The van der Waals surface area contributed by atoms with Crippen molar-refractivity contribution < 1.29 is 18.3 Å². The molecule has 1 aliphatic carbocycles. The third kappa shape index (κ3) is 3.50. The van der Waals surface area contributed by atoms with E-state index in [1.165, 1.54) is 6.08 Å². The van der Waals surface area contributed by atoms with Crippen molar-refractivity contribution in [1.29, 1.82) is 0 Å². The molecule has 3 rings (SSSR count). The molecule has 5 heteroatoms. The Hall–Kier alpha value is -2.01. The molecule has 0 saturated carbocycles. The molecule has 1 aliphatic heterocycles. The van der Waals surface area contributed by atoms with Crippen LogP contribution >= 0.6 is 0 Å². The van der Waals surface area contributed by atoms with Gasteiger partial charge in [0.25, 0.3) is 0 Å². The van der Waals surface area contributed by atoms with Gasteiger partial charge in [-0.3, -0.25) is 0 Å². The number of aliphatic imine (C=N–C) groups is 1. The SMILES string of the molecule is CCOCc1ccc(C2COC(C3=C(F)CCC=C3F)=N2)cc1. The zero-order valence-corrected chi connectivity index (χ0v) is 13.0. The first-order chi connectivity index (χ1) is 11.2. The van der Waals surface area contributed by atoms with Crippen molar-refractivity contribution in [2.24, 2.45) is 4.99 Å². The van der Waals surface area contributed by atoms with Gasteiger partial charge in [0, 0.05) is 13.0 Å². The predicted octanol–water partition coefficient (Wildman–Crippen LogP) is 4.56. The van der Waals surface area contributed by atoms with Crippen LogP contribution in [0.25, 0.3) is 0 Å². The second-order valence-corrected chi connectivity index (χ2v) is 5.51. The molecule has 0 radical (unpaired) electrons. The quantitative estimate of drug-likeness (QED) is 0.796. The Balaban J connectivity index is 1.76. The minimum absolute atomic E-state index is 0.0688. The van der Waals surface area contributed by atoms with Gasteiger partial charge in [-0.05, 0) is 30.5 Å². The molecule has 1 aromatic carbocycles. The second kappa shape index (κ2) is 7.04. The van der Waals surface area contributed by atoms with Crippen molar-refractivity contribution in [2.75, 3.05) is 13.2 Å². The van der Waals surface area contributed by atoms with Gasteiger partial charge in [0.1, 0.15) is 29.9 Å². The smallest absolute Gasteiger partial charge is 0.222 e. The molecule has 0 N–H and O–H groups in total. The van der Waals surface area contributed by atoms with Crippen molar-refractivity contribution in [3.63, 3.8) is 0 Å². The number of ether oxygens (including phenoxy) is 2. The van der Waals surface area contributed by atoms with Gasteiger partial charge in [-0.1, -0.05) is 24.3 Å². The monoisotopic (exact) mass is 319 g/mol. The zero-order chi connectivity index (χ0) is 16.2. The normalized spacial score (nSPS) is 21.1. The molecule has 23 heavy (non-hydrogen) atoms. The van der Waals surface area contributed by atoms with Gasteiger partial charge in [-0.15, -0.1) is 0 Å². The Morgan fingerprint density at radius 3 is 2.74 bits per heavy atom. The summed E-state index contributed by atoms with van der Waals surface area (Å²) in [7, 11) is 0. The molecule has 0 bridgehead atoms. The Morgan fingerprint density at radius 2 is 2.04 bits per heavy atom. The summed E-state index contributed by atoms with van der Waals surface area (Å²) in [6.45, 7) is 3.49. The number of halogens is 2. The highest BCUT2D eigenvalue weighted by Gasteiger charge is 2.29. The molecule has 0 spiro atoms. The first kappa shape index (κ1) is 15.9. The molecule has 0 amide bonds. The fraction of sp³-hybridized carbons (Fsp3) is 0.389. The van der Waals surface area contributed by atoms with E-state index in [0.29, 0.717) is 26.2 Å². The first-order valence-corrected chi connectivity index (χ1v) is 7.81. The van der Waals surface area contributed by atoms with Gasteiger partial charge >= 0.3 is 0 Å². The molecular weight excluding hydrogens is 300 g/mol. The summed E-state index contributed by atoms with van der Waals surface area (Å²) in [6.07, 6.45) is 1.95. The number of benzene rings is 1. The lowest BCUT2D eigenvalue weighted by molar-refractivity contribution is 0.134. The van der Waals surface area contributed by atoms with E-state index in [2.05, 4.69) is 4.99 Å². The summed E-state index contributed by atoms with van der Waals surface area (Å²) in [6, 6.07) is 7.61. The first-order valence-electron chi connectivity index (χ1n) is 7.81. The van der Waals surface area contributed by atoms with Crippen molar-refractivity contribution in [3.8, 4) is 0 Å². The molecular formula is C18H19F2NO2. The van der Waals surface area contributed by atoms with E-state index < -0.39 is 11.7 Å². The third-order valence-electron chi connectivity index (χ3n) is 3.90. The van der Waals surface area contributed by atoms with E-state index in [1.54, 1.807) is 0 Å². The van der Waals surface area contributed by atoms with E-state index in [0.717, 1.165) is 11.1 Å². The second-order valence-electron chi connectivity index (χ2n) is 5.51. The van der Waals surface area contributed by atoms with Crippen LogP contribution in [0.5, 0.6) is 0 Å². The standard InChI is InChI=1S/C18H19F2NO2/c1-2-22-10-12-6-8-13(9-7-12)16-11-23-18(21-16)17-14(19)4-3-5-15(17)20/h4,6-9,16H,2-3,5,10-11H2,1H3. The fourth-order valence-electron chi connectivity index (χ4n) is 2.64. The molecule has 0 aromatic heterocycles. The van der Waals surface area contributed by atoms with E-state index >= 15 is 0 Å². The molecule has 122 valence electrons. The summed E-state index contributed by atoms with van der Waals surface area (Å²) in [5.74, 6) is -1.00. The fourth-order valence-corrected chi connectivity index (χ4v) is 2.64. The molecule has 1 aromatic rings. The van der Waals surface area contributed by atoms with Crippen LogP contribution in [-0.2, 0) is 16.1 Å². The summed E-state index contributed by atoms with van der Waals surface area (Å²) < 4.78 is 38.5. The lowest BCUT2D eigenvalue weighted by Crippen LogP contribution is -2.08. The van der Waals surface area contributed by atoms with Gasteiger partial charge in [0.05, 0.1) is 6.61 Å². The van der Waals surface area contributed by atoms with Crippen LogP contribution < -0.4 is 0 Å². The van der Waals surface area contributed by atoms with Crippen molar-refractivity contribution in [2.45, 2.75) is 32.4 Å². The van der Waals surface area contributed by atoms with Gasteiger partial charge in [0.2, 0.25) is 5.90 Å². The topological polar surface area (TPSA) is 30.8 Å². The van der Waals surface area contributed by atoms with Gasteiger partial charge in [-0.2, -0.15) is 0 Å². The van der Waals surface area contributed by atoms with E-state index in [9.17, 15) is 8.78 Å². The number of nitrogens with zero attached hydrogens (tertiary/aromatic N) is 1. The summed E-state index contributed by atoms with van der Waals surface area (Å²) in [5, 5.41) is 0. The Kier molecular flexibility index (Phi) is 4.86. The Morgan fingerprint density at radius 1 is 1.26 bits per heavy atom. The molecule has 3 nitrogen and oxygen atoms in total. The Bertz CT molecular complexity index is 662. The van der Waals surface area contributed by atoms with Crippen LogP contribution in [0.4, 0.5) is 8.78 Å². The van der Waals surface area contributed by atoms with Crippen LogP contribution in [0.2, 0.25) is 0 Å². The van der Waals surface area contributed by atoms with Crippen LogP contribution in [0.15, 0.2) is 52.6 Å². The molecule has 1 heterocycles. The molecule has 1 unspecified atom stereocenters. The number of rotatable bonds is 5. The van der Waals surface area contributed by atoms with Crippen LogP contribution in [0, 0.1) is 0 Å². The van der Waals surface area contributed by atoms with Crippen LogP contribution in [0.1, 0.15) is 36.9 Å².